The Morgan fingerprint density at radius 2 is 1.82 bits per heavy atom. The van der Waals surface area contributed by atoms with Crippen molar-refractivity contribution in [1.82, 2.24) is 0 Å². The van der Waals surface area contributed by atoms with Crippen LogP contribution in [-0.2, 0) is 9.59 Å². The van der Waals surface area contributed by atoms with E-state index in [1.165, 1.54) is 0 Å². The largest absolute Gasteiger partial charge is 0.300 e. The maximum Gasteiger partial charge on any atom is 0.139 e. The van der Waals surface area contributed by atoms with Crippen molar-refractivity contribution < 1.29 is 9.59 Å². The molecular weight excluding hydrogens is 140 g/mol. The molecule has 1 fully saturated rings. The van der Waals surface area contributed by atoms with Crippen LogP contribution in [-0.4, -0.2) is 11.6 Å². The molecule has 0 N–H and O–H groups in total. The first-order valence-electron chi connectivity index (χ1n) is 4.08. The third-order valence-electron chi connectivity index (χ3n) is 2.25. The maximum atomic E-state index is 11.3. The number of ketones is 2. The lowest BCUT2D eigenvalue weighted by Gasteiger charge is -2.00. The molecule has 0 aliphatic heterocycles. The molecule has 0 radical (unpaired) electrons. The summed E-state index contributed by atoms with van der Waals surface area (Å²) < 4.78 is 0. The summed E-state index contributed by atoms with van der Waals surface area (Å²) in [6.45, 7) is 5.34. The lowest BCUT2D eigenvalue weighted by atomic mass is 10.0. The Balaban J connectivity index is 2.44. The predicted octanol–water partition coefficient (Wildman–Crippen LogP) is 1.44. The van der Waals surface area contributed by atoms with Gasteiger partial charge in [0.05, 0.1) is 0 Å². The van der Waals surface area contributed by atoms with Crippen LogP contribution >= 0.6 is 0 Å². The zero-order valence-electron chi connectivity index (χ0n) is 7.26. The van der Waals surface area contributed by atoms with Gasteiger partial charge in [-0.2, -0.15) is 0 Å². The van der Waals surface area contributed by atoms with E-state index in [9.17, 15) is 9.59 Å². The number of carbonyl (C=O) groups is 2. The second-order valence-electron chi connectivity index (χ2n) is 3.62. The van der Waals surface area contributed by atoms with E-state index in [-0.39, 0.29) is 29.3 Å². The monoisotopic (exact) mass is 154 g/mol. The van der Waals surface area contributed by atoms with E-state index in [2.05, 4.69) is 0 Å². The van der Waals surface area contributed by atoms with Crippen molar-refractivity contribution in [2.45, 2.75) is 27.2 Å². The summed E-state index contributed by atoms with van der Waals surface area (Å²) in [4.78, 5) is 22.1. The Labute approximate surface area is 67.0 Å². The zero-order chi connectivity index (χ0) is 8.59. The summed E-state index contributed by atoms with van der Waals surface area (Å²) in [5.41, 5.74) is 0. The average molecular weight is 154 g/mol. The van der Waals surface area contributed by atoms with E-state index in [1.54, 1.807) is 6.92 Å². The quantitative estimate of drug-likeness (QED) is 0.616. The summed E-state index contributed by atoms with van der Waals surface area (Å²) in [7, 11) is 0. The van der Waals surface area contributed by atoms with Crippen molar-refractivity contribution in [1.29, 1.82) is 0 Å². The number of hydrogen-bond acceptors (Lipinski definition) is 2. The third kappa shape index (κ3) is 1.67. The molecule has 0 aromatic heterocycles. The van der Waals surface area contributed by atoms with Crippen molar-refractivity contribution in [3.8, 4) is 0 Å². The SMILES string of the molecule is CC(=O)[C@@H]1C[C@H]1C(=O)C(C)C. The van der Waals surface area contributed by atoms with Crippen molar-refractivity contribution in [3.63, 3.8) is 0 Å². The molecule has 2 nitrogen and oxygen atoms in total. The van der Waals surface area contributed by atoms with Crippen LogP contribution in [0.1, 0.15) is 27.2 Å². The Morgan fingerprint density at radius 1 is 1.27 bits per heavy atom. The molecule has 0 aromatic rings. The molecule has 0 heterocycles. The second-order valence-corrected chi connectivity index (χ2v) is 3.62. The highest BCUT2D eigenvalue weighted by atomic mass is 16.1. The molecule has 0 saturated heterocycles. The fourth-order valence-electron chi connectivity index (χ4n) is 1.39. The molecule has 11 heavy (non-hydrogen) atoms. The zero-order valence-corrected chi connectivity index (χ0v) is 7.26. The molecule has 2 atom stereocenters. The van der Waals surface area contributed by atoms with Crippen molar-refractivity contribution in [2.24, 2.45) is 17.8 Å². The number of Topliss-reactive ketones (excluding diaryl/α,β-unsaturated/α-hetero) is 2. The summed E-state index contributed by atoms with van der Waals surface area (Å²) >= 11 is 0. The molecule has 0 unspecified atom stereocenters. The molecule has 62 valence electrons. The Hall–Kier alpha value is -0.660. The van der Waals surface area contributed by atoms with Crippen LogP contribution < -0.4 is 0 Å². The van der Waals surface area contributed by atoms with Gasteiger partial charge < -0.3 is 0 Å². The highest BCUT2D eigenvalue weighted by molar-refractivity contribution is 5.94. The van der Waals surface area contributed by atoms with Crippen LogP contribution in [0, 0.1) is 17.8 Å². The van der Waals surface area contributed by atoms with Crippen LogP contribution in [0.25, 0.3) is 0 Å². The standard InChI is InChI=1S/C9H14O2/c1-5(2)9(11)8-4-7(8)6(3)10/h5,7-8H,4H2,1-3H3/t7-,8+/m0/s1. The summed E-state index contributed by atoms with van der Waals surface area (Å²) in [5, 5.41) is 0. The van der Waals surface area contributed by atoms with Crippen LogP contribution in [0.4, 0.5) is 0 Å². The van der Waals surface area contributed by atoms with E-state index in [4.69, 9.17) is 0 Å². The first-order valence-corrected chi connectivity index (χ1v) is 4.08. The second kappa shape index (κ2) is 2.76. The van der Waals surface area contributed by atoms with E-state index in [1.807, 2.05) is 13.8 Å². The summed E-state index contributed by atoms with van der Waals surface area (Å²) in [6.07, 6.45) is 0.798. The van der Waals surface area contributed by atoms with Crippen molar-refractivity contribution >= 4 is 11.6 Å². The summed E-state index contributed by atoms with van der Waals surface area (Å²) in [6, 6.07) is 0. The van der Waals surface area contributed by atoms with Gasteiger partial charge in [0.2, 0.25) is 0 Å². The van der Waals surface area contributed by atoms with E-state index < -0.39 is 0 Å². The van der Waals surface area contributed by atoms with Gasteiger partial charge in [-0.15, -0.1) is 0 Å². The van der Waals surface area contributed by atoms with Gasteiger partial charge in [0.1, 0.15) is 11.6 Å². The van der Waals surface area contributed by atoms with E-state index in [0.717, 1.165) is 6.42 Å². The molecule has 1 rings (SSSR count). The van der Waals surface area contributed by atoms with Crippen LogP contribution in [0.15, 0.2) is 0 Å². The molecular formula is C9H14O2. The highest BCUT2D eigenvalue weighted by Crippen LogP contribution is 2.41. The fraction of sp³-hybridized carbons (Fsp3) is 0.778. The summed E-state index contributed by atoms with van der Waals surface area (Å²) in [5.74, 6) is 0.635. The molecule has 0 amide bonds. The van der Waals surface area contributed by atoms with Gasteiger partial charge in [0.25, 0.3) is 0 Å². The van der Waals surface area contributed by atoms with Crippen molar-refractivity contribution in [2.75, 3.05) is 0 Å². The maximum absolute atomic E-state index is 11.3. The van der Waals surface area contributed by atoms with Crippen LogP contribution in [0.2, 0.25) is 0 Å². The van der Waals surface area contributed by atoms with Gasteiger partial charge in [0, 0.05) is 17.8 Å². The molecule has 1 aliphatic carbocycles. The third-order valence-corrected chi connectivity index (χ3v) is 2.25. The fourth-order valence-corrected chi connectivity index (χ4v) is 1.39. The molecule has 0 bridgehead atoms. The first-order chi connectivity index (χ1) is 5.04. The molecule has 1 aliphatic rings. The molecule has 1 saturated carbocycles. The Morgan fingerprint density at radius 3 is 2.09 bits per heavy atom. The minimum absolute atomic E-state index is 0.0601. The number of rotatable bonds is 3. The predicted molar refractivity (Wildman–Crippen MR) is 42.1 cm³/mol. The smallest absolute Gasteiger partial charge is 0.139 e. The minimum Gasteiger partial charge on any atom is -0.300 e. The van der Waals surface area contributed by atoms with Gasteiger partial charge >= 0.3 is 0 Å². The Kier molecular flexibility index (Phi) is 2.12. The highest BCUT2D eigenvalue weighted by Gasteiger charge is 2.46. The lowest BCUT2D eigenvalue weighted by molar-refractivity contribution is -0.126. The van der Waals surface area contributed by atoms with Gasteiger partial charge in [-0.25, -0.2) is 0 Å². The van der Waals surface area contributed by atoms with E-state index >= 15 is 0 Å². The average Bonchev–Trinajstić information content (AvgIpc) is 2.63. The normalized spacial score (nSPS) is 28.7. The molecule has 0 spiro atoms. The van der Waals surface area contributed by atoms with Crippen LogP contribution in [0.5, 0.6) is 0 Å². The number of carbonyl (C=O) groups excluding carboxylic acids is 2. The first kappa shape index (κ1) is 8.44. The number of hydrogen-bond donors (Lipinski definition) is 0. The topological polar surface area (TPSA) is 34.1 Å². The van der Waals surface area contributed by atoms with E-state index in [0.29, 0.717) is 0 Å². The van der Waals surface area contributed by atoms with Gasteiger partial charge in [-0.05, 0) is 13.3 Å². The van der Waals surface area contributed by atoms with Crippen LogP contribution in [0.3, 0.4) is 0 Å². The molecule has 2 heteroatoms. The van der Waals surface area contributed by atoms with Gasteiger partial charge in [0.15, 0.2) is 0 Å². The van der Waals surface area contributed by atoms with Gasteiger partial charge in [-0.1, -0.05) is 13.8 Å². The van der Waals surface area contributed by atoms with Crippen molar-refractivity contribution in [3.05, 3.63) is 0 Å². The molecule has 0 aromatic carbocycles. The lowest BCUT2D eigenvalue weighted by Crippen LogP contribution is -2.12. The van der Waals surface area contributed by atoms with Gasteiger partial charge in [-0.3, -0.25) is 9.59 Å². The minimum atomic E-state index is 0.0601. The Bertz CT molecular complexity index is 194.